The van der Waals surface area contributed by atoms with E-state index < -0.39 is 0 Å². The molecule has 0 spiro atoms. The van der Waals surface area contributed by atoms with Crippen LogP contribution in [-0.2, 0) is 27.8 Å². The van der Waals surface area contributed by atoms with Crippen molar-refractivity contribution in [1.82, 2.24) is 0 Å². The first kappa shape index (κ1) is 12.5. The molecular weight excluding hydrogens is 207 g/mol. The number of hydrogen-bond donors (Lipinski definition) is 0. The van der Waals surface area contributed by atoms with Gasteiger partial charge in [-0.15, -0.1) is 12.1 Å². The summed E-state index contributed by atoms with van der Waals surface area (Å²) in [5.41, 5.74) is 2.25. The number of hydrogen-bond acceptors (Lipinski definition) is 1. The van der Waals surface area contributed by atoms with Gasteiger partial charge in [0, 0.05) is 16.5 Å². The zero-order chi connectivity index (χ0) is 8.97. The van der Waals surface area contributed by atoms with E-state index in [4.69, 9.17) is 4.74 Å². The van der Waals surface area contributed by atoms with Gasteiger partial charge in [0.2, 0.25) is 0 Å². The van der Waals surface area contributed by atoms with Gasteiger partial charge in [0.1, 0.15) is 0 Å². The van der Waals surface area contributed by atoms with Crippen molar-refractivity contribution < 1.29 is 21.2 Å². The molecule has 1 aromatic rings. The van der Waals surface area contributed by atoms with E-state index in [0.717, 1.165) is 5.56 Å². The Morgan fingerprint density at radius 1 is 1.23 bits per heavy atom. The van der Waals surface area contributed by atoms with Crippen LogP contribution >= 0.6 is 0 Å². The summed E-state index contributed by atoms with van der Waals surface area (Å²) in [5.74, 6) is 0. The van der Waals surface area contributed by atoms with Crippen molar-refractivity contribution in [2.45, 2.75) is 26.6 Å². The fraction of sp³-hybridized carbons (Fsp3) is 0.364. The summed E-state index contributed by atoms with van der Waals surface area (Å²) in [7, 11) is 0. The molecule has 0 radical (unpaired) electrons. The van der Waals surface area contributed by atoms with E-state index in [0.29, 0.717) is 12.7 Å². The van der Waals surface area contributed by atoms with Crippen LogP contribution in [0.3, 0.4) is 0 Å². The third-order valence-corrected chi connectivity index (χ3v) is 1.61. The van der Waals surface area contributed by atoms with Gasteiger partial charge in [0.15, 0.2) is 0 Å². The first-order chi connectivity index (χ1) is 5.68. The van der Waals surface area contributed by atoms with Crippen molar-refractivity contribution in [2.75, 3.05) is 0 Å². The van der Waals surface area contributed by atoms with Crippen LogP contribution in [-0.4, -0.2) is 6.10 Å². The Kier molecular flexibility index (Phi) is 5.85. The first-order valence-corrected chi connectivity index (χ1v) is 4.21. The van der Waals surface area contributed by atoms with Gasteiger partial charge in [0.05, 0.1) is 12.7 Å². The molecule has 2 heteroatoms. The summed E-state index contributed by atoms with van der Waals surface area (Å²) in [5, 5.41) is 0. The zero-order valence-electron chi connectivity index (χ0n) is 8.03. The molecule has 1 aromatic carbocycles. The molecule has 0 amide bonds. The van der Waals surface area contributed by atoms with E-state index in [1.54, 1.807) is 0 Å². The Balaban J connectivity index is 0.00000144. The summed E-state index contributed by atoms with van der Waals surface area (Å²) >= 11 is 0. The minimum atomic E-state index is 0. The Bertz CT molecular complexity index is 228. The maximum atomic E-state index is 5.45. The molecule has 0 bridgehead atoms. The van der Waals surface area contributed by atoms with Crippen LogP contribution < -0.4 is 0 Å². The third kappa shape index (κ3) is 4.97. The fourth-order valence-electron chi connectivity index (χ4n) is 0.898. The fourth-order valence-corrected chi connectivity index (χ4v) is 0.898. The Morgan fingerprint density at radius 3 is 2.23 bits per heavy atom. The SMILES string of the molecule is [CH2-]c1ccc(COC(C)C)cc1.[Ni]. The van der Waals surface area contributed by atoms with E-state index in [9.17, 15) is 0 Å². The molecular formula is C11H15NiO-. The average Bonchev–Trinajstić information content (AvgIpc) is 2.03. The van der Waals surface area contributed by atoms with Gasteiger partial charge in [-0.2, -0.15) is 24.6 Å². The molecule has 0 aliphatic carbocycles. The molecule has 76 valence electrons. The monoisotopic (exact) mass is 221 g/mol. The summed E-state index contributed by atoms with van der Waals surface area (Å²) in [6.07, 6.45) is 0.296. The van der Waals surface area contributed by atoms with E-state index in [2.05, 4.69) is 6.92 Å². The second-order valence-corrected chi connectivity index (χ2v) is 3.18. The van der Waals surface area contributed by atoms with Crippen LogP contribution in [0.15, 0.2) is 24.3 Å². The van der Waals surface area contributed by atoms with Crippen molar-refractivity contribution in [3.05, 3.63) is 42.3 Å². The third-order valence-electron chi connectivity index (χ3n) is 1.61. The molecule has 0 saturated heterocycles. The average molecular weight is 222 g/mol. The second kappa shape index (κ2) is 6.07. The summed E-state index contributed by atoms with van der Waals surface area (Å²) < 4.78 is 5.45. The smallest absolute Gasteiger partial charge is 0.0700 e. The predicted molar refractivity (Wildman–Crippen MR) is 50.8 cm³/mol. The molecule has 13 heavy (non-hydrogen) atoms. The van der Waals surface area contributed by atoms with E-state index in [1.807, 2.05) is 38.1 Å². The largest absolute Gasteiger partial charge is 0.374 e. The number of ether oxygens (including phenoxy) is 1. The van der Waals surface area contributed by atoms with Crippen LogP contribution in [0.25, 0.3) is 0 Å². The first-order valence-electron chi connectivity index (χ1n) is 4.21. The predicted octanol–water partition coefficient (Wildman–Crippen LogP) is 2.79. The Labute approximate surface area is 90.4 Å². The minimum Gasteiger partial charge on any atom is -0.374 e. The van der Waals surface area contributed by atoms with Crippen LogP contribution in [0.2, 0.25) is 0 Å². The molecule has 0 aliphatic heterocycles. The maximum Gasteiger partial charge on any atom is 0.0700 e. The van der Waals surface area contributed by atoms with Crippen molar-refractivity contribution in [2.24, 2.45) is 0 Å². The van der Waals surface area contributed by atoms with Gasteiger partial charge >= 0.3 is 0 Å². The van der Waals surface area contributed by atoms with Gasteiger partial charge in [0.25, 0.3) is 0 Å². The van der Waals surface area contributed by atoms with Crippen molar-refractivity contribution in [3.63, 3.8) is 0 Å². The zero-order valence-corrected chi connectivity index (χ0v) is 9.01. The maximum absolute atomic E-state index is 5.45. The van der Waals surface area contributed by atoms with Crippen molar-refractivity contribution in [3.8, 4) is 0 Å². The summed E-state index contributed by atoms with van der Waals surface area (Å²) in [6.45, 7) is 8.58. The molecule has 0 N–H and O–H groups in total. The Hall–Kier alpha value is -0.456. The Morgan fingerprint density at radius 2 is 1.77 bits per heavy atom. The number of rotatable bonds is 3. The van der Waals surface area contributed by atoms with E-state index >= 15 is 0 Å². The van der Waals surface area contributed by atoms with Gasteiger partial charge < -0.3 is 4.74 Å². The van der Waals surface area contributed by atoms with Crippen LogP contribution in [0.1, 0.15) is 25.0 Å². The van der Waals surface area contributed by atoms with Crippen molar-refractivity contribution in [1.29, 1.82) is 0 Å². The molecule has 0 atom stereocenters. The van der Waals surface area contributed by atoms with Crippen LogP contribution in [0.4, 0.5) is 0 Å². The quantitative estimate of drug-likeness (QED) is 0.564. The molecule has 0 saturated carbocycles. The van der Waals surface area contributed by atoms with Crippen LogP contribution in [0.5, 0.6) is 0 Å². The van der Waals surface area contributed by atoms with E-state index in [-0.39, 0.29) is 16.5 Å². The topological polar surface area (TPSA) is 9.23 Å². The minimum absolute atomic E-state index is 0. The standard InChI is InChI=1S/C11H15O.Ni/c1-9(2)12-8-11-6-4-10(3)5-7-11;/h4-7,9H,3,8H2,1-2H3;/q-1;. The van der Waals surface area contributed by atoms with Crippen LogP contribution in [0, 0.1) is 6.92 Å². The normalized spacial score (nSPS) is 9.77. The van der Waals surface area contributed by atoms with Crippen molar-refractivity contribution >= 4 is 0 Å². The van der Waals surface area contributed by atoms with E-state index in [1.165, 1.54) is 5.56 Å². The second-order valence-electron chi connectivity index (χ2n) is 3.18. The molecule has 0 heterocycles. The molecule has 0 fully saturated rings. The van der Waals surface area contributed by atoms with Gasteiger partial charge in [-0.1, -0.05) is 0 Å². The van der Waals surface area contributed by atoms with Gasteiger partial charge in [-0.05, 0) is 19.4 Å². The molecule has 1 nitrogen and oxygen atoms in total. The molecule has 1 rings (SSSR count). The van der Waals surface area contributed by atoms with Gasteiger partial charge in [-0.3, -0.25) is 0 Å². The number of benzene rings is 1. The molecule has 0 unspecified atom stereocenters. The van der Waals surface area contributed by atoms with Gasteiger partial charge in [-0.25, -0.2) is 0 Å². The summed E-state index contributed by atoms with van der Waals surface area (Å²) in [6, 6.07) is 8.09. The summed E-state index contributed by atoms with van der Waals surface area (Å²) in [4.78, 5) is 0. The molecule has 0 aromatic heterocycles. The molecule has 0 aliphatic rings.